The molecule has 0 bridgehead atoms. The number of rotatable bonds is 4. The van der Waals surface area contributed by atoms with Gasteiger partial charge in [0.15, 0.2) is 0 Å². The van der Waals surface area contributed by atoms with Gasteiger partial charge in [-0.2, -0.15) is 13.2 Å². The summed E-state index contributed by atoms with van der Waals surface area (Å²) in [6.45, 7) is 0.928. The van der Waals surface area contributed by atoms with E-state index < -0.39 is 40.5 Å². The molecule has 0 fully saturated rings. The molecule has 2 unspecified atom stereocenters. The zero-order valence-electron chi connectivity index (χ0n) is 12.9. The number of nitrogens with zero attached hydrogens (tertiary/aromatic N) is 1. The average Bonchev–Trinajstić information content (AvgIpc) is 2.74. The second-order valence-electron chi connectivity index (χ2n) is 5.72. The Morgan fingerprint density at radius 3 is 2.56 bits per heavy atom. The highest BCUT2D eigenvalue weighted by molar-refractivity contribution is 9.10. The van der Waals surface area contributed by atoms with E-state index in [9.17, 15) is 26.4 Å². The van der Waals surface area contributed by atoms with Crippen molar-refractivity contribution in [3.63, 3.8) is 0 Å². The number of hydrogen-bond acceptors (Lipinski definition) is 3. The Kier molecular flexibility index (Phi) is 6.55. The lowest BCUT2D eigenvalue weighted by atomic mass is 9.93. The number of carbonyl (C=O) groups is 1. The number of fused-ring (bicyclic) bond motifs is 1. The van der Waals surface area contributed by atoms with Crippen LogP contribution in [-0.2, 0) is 14.8 Å². The molecule has 1 aromatic carbocycles. The molecule has 1 amide bonds. The monoisotopic (exact) mass is 446 g/mol. The van der Waals surface area contributed by atoms with Crippen LogP contribution in [0.1, 0.15) is 33.7 Å². The highest BCUT2D eigenvalue weighted by Gasteiger charge is 2.44. The van der Waals surface area contributed by atoms with Crippen LogP contribution in [0.25, 0.3) is 0 Å². The van der Waals surface area contributed by atoms with E-state index in [0.717, 1.165) is 17.5 Å². The van der Waals surface area contributed by atoms with Gasteiger partial charge in [-0.1, -0.05) is 23.4 Å². The first kappa shape index (κ1) is 21.8. The summed E-state index contributed by atoms with van der Waals surface area (Å²) >= 11 is 3.25. The zero-order valence-corrected chi connectivity index (χ0v) is 15.3. The molecule has 1 N–H and O–H groups in total. The van der Waals surface area contributed by atoms with Gasteiger partial charge in [0.1, 0.15) is 6.04 Å². The van der Waals surface area contributed by atoms with Crippen LogP contribution in [0.15, 0.2) is 22.7 Å². The number of hydrogen-bond donors (Lipinski definition) is 1. The van der Waals surface area contributed by atoms with Gasteiger partial charge < -0.3 is 5.32 Å². The maximum absolute atomic E-state index is 13.2. The van der Waals surface area contributed by atoms with Crippen LogP contribution in [0.2, 0.25) is 0 Å². The molecule has 1 heterocycles. The van der Waals surface area contributed by atoms with Crippen molar-refractivity contribution in [2.24, 2.45) is 0 Å². The molecule has 0 saturated carbocycles. The third-order valence-corrected chi connectivity index (χ3v) is 5.42. The number of amides is 1. The number of sulfonamides is 1. The summed E-state index contributed by atoms with van der Waals surface area (Å²) in [6, 6.07) is 2.77. The normalized spacial score (nSPS) is 18.3. The molecule has 144 valence electrons. The predicted molar refractivity (Wildman–Crippen MR) is 96.2 cm³/mol. The molecule has 10 heteroatoms. The highest BCUT2D eigenvalue weighted by Crippen LogP contribution is 2.42. The number of halogens is 4. The second-order valence-corrected chi connectivity index (χ2v) is 8.55. The standard InChI is InChI=1S/C14H16BrF3N2O3S.CH4.H2/c1-8(21)19-13(14(16,17)18)5-9-7-20(24(2,22)23)12-4-3-10(15)6-11(9)12;;/h3-4,6,9,13H,5,7H2,1-2H3,(H,19,21);1H4;1H. The van der Waals surface area contributed by atoms with Gasteiger partial charge >= 0.3 is 6.18 Å². The van der Waals surface area contributed by atoms with Crippen LogP contribution in [0, 0.1) is 0 Å². The molecular weight excluding hydrogens is 425 g/mol. The molecule has 0 radical (unpaired) electrons. The summed E-state index contributed by atoms with van der Waals surface area (Å²) in [5.41, 5.74) is 0.879. The SMILES string of the molecule is C.CC(=O)NC(CC1CN(S(C)(=O)=O)c2ccc(Br)cc21)C(F)(F)F.[HH]. The van der Waals surface area contributed by atoms with E-state index in [1.807, 2.05) is 5.32 Å². The van der Waals surface area contributed by atoms with Crippen molar-refractivity contribution in [2.45, 2.75) is 38.9 Å². The summed E-state index contributed by atoms with van der Waals surface area (Å²) < 4.78 is 65.1. The van der Waals surface area contributed by atoms with Crippen LogP contribution in [-0.4, -0.2) is 39.3 Å². The van der Waals surface area contributed by atoms with E-state index in [2.05, 4.69) is 15.9 Å². The second kappa shape index (κ2) is 7.53. The number of anilines is 1. The lowest BCUT2D eigenvalue weighted by Gasteiger charge is -2.24. The predicted octanol–water partition coefficient (Wildman–Crippen LogP) is 3.65. The minimum absolute atomic E-state index is 0. The Morgan fingerprint density at radius 2 is 2.08 bits per heavy atom. The molecule has 1 aliphatic heterocycles. The van der Waals surface area contributed by atoms with Crippen LogP contribution in [0.3, 0.4) is 0 Å². The van der Waals surface area contributed by atoms with Crippen LogP contribution in [0.4, 0.5) is 18.9 Å². The first-order valence-corrected chi connectivity index (χ1v) is 9.64. The summed E-state index contributed by atoms with van der Waals surface area (Å²) in [4.78, 5) is 11.1. The van der Waals surface area contributed by atoms with Gasteiger partial charge in [0.25, 0.3) is 0 Å². The maximum Gasteiger partial charge on any atom is 0.408 e. The van der Waals surface area contributed by atoms with Crippen molar-refractivity contribution in [1.82, 2.24) is 5.32 Å². The van der Waals surface area contributed by atoms with E-state index in [-0.39, 0.29) is 15.4 Å². The van der Waals surface area contributed by atoms with Crippen molar-refractivity contribution in [2.75, 3.05) is 17.1 Å². The molecule has 0 aliphatic carbocycles. The van der Waals surface area contributed by atoms with Gasteiger partial charge in [-0.3, -0.25) is 9.10 Å². The van der Waals surface area contributed by atoms with Crippen LogP contribution < -0.4 is 9.62 Å². The Labute approximate surface area is 155 Å². The minimum Gasteiger partial charge on any atom is -0.345 e. The van der Waals surface area contributed by atoms with Crippen molar-refractivity contribution in [1.29, 1.82) is 0 Å². The lowest BCUT2D eigenvalue weighted by molar-refractivity contribution is -0.163. The van der Waals surface area contributed by atoms with E-state index in [1.54, 1.807) is 18.2 Å². The van der Waals surface area contributed by atoms with Crippen molar-refractivity contribution >= 4 is 37.5 Å². The molecular formula is C15H22BrF3N2O3S. The third-order valence-electron chi connectivity index (χ3n) is 3.78. The van der Waals surface area contributed by atoms with Crippen LogP contribution in [0.5, 0.6) is 0 Å². The van der Waals surface area contributed by atoms with Crippen molar-refractivity contribution in [3.8, 4) is 0 Å². The summed E-state index contributed by atoms with van der Waals surface area (Å²) in [6.07, 6.45) is -4.04. The fourth-order valence-electron chi connectivity index (χ4n) is 2.80. The molecule has 0 aromatic heterocycles. The molecule has 1 aliphatic rings. The quantitative estimate of drug-likeness (QED) is 0.767. The van der Waals surface area contributed by atoms with Gasteiger partial charge in [-0.15, -0.1) is 0 Å². The smallest absolute Gasteiger partial charge is 0.345 e. The van der Waals surface area contributed by atoms with Gasteiger partial charge in [-0.05, 0) is 30.2 Å². The van der Waals surface area contributed by atoms with Crippen molar-refractivity contribution in [3.05, 3.63) is 28.2 Å². The first-order valence-electron chi connectivity index (χ1n) is 7.00. The Balaban J connectivity index is 0.00000312. The highest BCUT2D eigenvalue weighted by atomic mass is 79.9. The Morgan fingerprint density at radius 1 is 1.48 bits per heavy atom. The minimum atomic E-state index is -4.61. The Hall–Kier alpha value is -1.29. The zero-order chi connectivity index (χ0) is 18.3. The summed E-state index contributed by atoms with van der Waals surface area (Å²) in [7, 11) is -3.61. The first-order chi connectivity index (χ1) is 10.9. The molecule has 0 spiro atoms. The van der Waals surface area contributed by atoms with Crippen LogP contribution >= 0.6 is 15.9 Å². The Bertz CT molecular complexity index is 759. The molecule has 25 heavy (non-hydrogen) atoms. The van der Waals surface area contributed by atoms with Gasteiger partial charge in [-0.25, -0.2) is 8.42 Å². The molecule has 2 rings (SSSR count). The van der Waals surface area contributed by atoms with E-state index in [4.69, 9.17) is 0 Å². The van der Waals surface area contributed by atoms with E-state index in [0.29, 0.717) is 15.7 Å². The van der Waals surface area contributed by atoms with Gasteiger partial charge in [0.2, 0.25) is 15.9 Å². The molecule has 0 saturated heterocycles. The van der Waals surface area contributed by atoms with E-state index >= 15 is 0 Å². The van der Waals surface area contributed by atoms with Gasteiger partial charge in [0, 0.05) is 25.3 Å². The van der Waals surface area contributed by atoms with E-state index in [1.165, 1.54) is 0 Å². The van der Waals surface area contributed by atoms with Gasteiger partial charge in [0.05, 0.1) is 11.9 Å². The fourth-order valence-corrected chi connectivity index (χ4v) is 4.15. The molecule has 5 nitrogen and oxygen atoms in total. The molecule has 1 aromatic rings. The number of carbonyl (C=O) groups excluding carboxylic acids is 1. The number of alkyl halides is 3. The van der Waals surface area contributed by atoms with Crippen molar-refractivity contribution < 1.29 is 27.8 Å². The third kappa shape index (κ3) is 5.10. The number of nitrogens with one attached hydrogen (secondary N) is 1. The largest absolute Gasteiger partial charge is 0.408 e. The number of benzene rings is 1. The summed E-state index contributed by atoms with van der Waals surface area (Å²) in [5.74, 6) is -1.46. The fraction of sp³-hybridized carbons (Fsp3) is 0.533. The topological polar surface area (TPSA) is 66.5 Å². The molecule has 2 atom stereocenters. The lowest BCUT2D eigenvalue weighted by Crippen LogP contribution is -2.45. The average molecular weight is 447 g/mol. The summed E-state index contributed by atoms with van der Waals surface area (Å²) in [5, 5.41) is 1.90. The maximum atomic E-state index is 13.2.